The predicted octanol–water partition coefficient (Wildman–Crippen LogP) is 2.71. The van der Waals surface area contributed by atoms with Crippen LogP contribution in [0, 0.1) is 16.0 Å². The highest BCUT2D eigenvalue weighted by Crippen LogP contribution is 2.39. The van der Waals surface area contributed by atoms with Crippen molar-refractivity contribution in [3.63, 3.8) is 0 Å². The second kappa shape index (κ2) is 5.35. The average molecular weight is 290 g/mol. The second-order valence-electron chi connectivity index (χ2n) is 5.83. The lowest BCUT2D eigenvalue weighted by Crippen LogP contribution is -2.46. The van der Waals surface area contributed by atoms with Gasteiger partial charge in [0.25, 0.3) is 5.91 Å². The number of carbonyl (C=O) groups is 1. The van der Waals surface area contributed by atoms with Crippen molar-refractivity contribution in [2.75, 3.05) is 6.54 Å². The molecule has 1 saturated heterocycles. The van der Waals surface area contributed by atoms with Gasteiger partial charge in [0.2, 0.25) is 5.75 Å². The summed E-state index contributed by atoms with van der Waals surface area (Å²) in [6.45, 7) is 0.669. The predicted molar refractivity (Wildman–Crippen MR) is 76.2 cm³/mol. The number of benzene rings is 1. The maximum atomic E-state index is 12.7. The molecule has 1 saturated carbocycles. The third-order valence-corrected chi connectivity index (χ3v) is 4.70. The molecule has 1 heterocycles. The van der Waals surface area contributed by atoms with Gasteiger partial charge in [0.05, 0.1) is 10.5 Å². The van der Waals surface area contributed by atoms with Crippen molar-refractivity contribution >= 4 is 11.6 Å². The van der Waals surface area contributed by atoms with Crippen LogP contribution in [-0.2, 0) is 0 Å². The number of carbonyl (C=O) groups excluding carboxylic acids is 1. The van der Waals surface area contributed by atoms with Crippen molar-refractivity contribution in [2.24, 2.45) is 5.92 Å². The van der Waals surface area contributed by atoms with Crippen LogP contribution in [0.15, 0.2) is 18.2 Å². The standard InChI is InChI=1S/C15H18N2O4/c18-14-11(6-2-8-13(14)17(20)21)15(19)16-9-3-5-10-4-1-7-12(10)16/h2,6,8,10,12,18H,1,3-5,7,9H2. The first kappa shape index (κ1) is 13.9. The van der Waals surface area contributed by atoms with Crippen LogP contribution >= 0.6 is 0 Å². The van der Waals surface area contributed by atoms with Gasteiger partial charge in [-0.15, -0.1) is 0 Å². The zero-order chi connectivity index (χ0) is 15.0. The van der Waals surface area contributed by atoms with Gasteiger partial charge in [0.1, 0.15) is 0 Å². The molecule has 2 unspecified atom stereocenters. The van der Waals surface area contributed by atoms with Crippen LogP contribution in [0.5, 0.6) is 5.75 Å². The highest BCUT2D eigenvalue weighted by atomic mass is 16.6. The number of nitro groups is 1. The van der Waals surface area contributed by atoms with Gasteiger partial charge in [-0.3, -0.25) is 14.9 Å². The summed E-state index contributed by atoms with van der Waals surface area (Å²) < 4.78 is 0. The maximum absolute atomic E-state index is 12.7. The molecule has 1 amide bonds. The fourth-order valence-electron chi connectivity index (χ4n) is 3.71. The van der Waals surface area contributed by atoms with E-state index in [0.29, 0.717) is 12.5 Å². The van der Waals surface area contributed by atoms with E-state index in [2.05, 4.69) is 0 Å². The number of nitrogens with zero attached hydrogens (tertiary/aromatic N) is 2. The van der Waals surface area contributed by atoms with Gasteiger partial charge in [-0.05, 0) is 37.7 Å². The highest BCUT2D eigenvalue weighted by molar-refractivity contribution is 5.98. The van der Waals surface area contributed by atoms with E-state index in [1.54, 1.807) is 4.90 Å². The number of fused-ring (bicyclic) bond motifs is 1. The summed E-state index contributed by atoms with van der Waals surface area (Å²) in [5.74, 6) is -0.260. The van der Waals surface area contributed by atoms with Gasteiger partial charge in [0.15, 0.2) is 0 Å². The van der Waals surface area contributed by atoms with Gasteiger partial charge in [-0.25, -0.2) is 0 Å². The molecule has 21 heavy (non-hydrogen) atoms. The molecule has 1 aliphatic heterocycles. The van der Waals surface area contributed by atoms with E-state index in [-0.39, 0.29) is 17.5 Å². The zero-order valence-corrected chi connectivity index (χ0v) is 11.7. The Morgan fingerprint density at radius 2 is 2.05 bits per heavy atom. The normalized spacial score (nSPS) is 24.7. The first-order valence-corrected chi connectivity index (χ1v) is 7.37. The molecule has 6 heteroatoms. The summed E-state index contributed by atoms with van der Waals surface area (Å²) in [7, 11) is 0. The Hall–Kier alpha value is -2.11. The molecule has 1 aromatic carbocycles. The minimum absolute atomic E-state index is 0.0387. The summed E-state index contributed by atoms with van der Waals surface area (Å²) in [5.41, 5.74) is -0.377. The molecule has 0 aromatic heterocycles. The number of phenols is 1. The molecule has 3 rings (SSSR count). The molecule has 2 fully saturated rings. The molecular weight excluding hydrogens is 272 g/mol. The number of aromatic hydroxyl groups is 1. The van der Waals surface area contributed by atoms with E-state index in [9.17, 15) is 20.0 Å². The molecular formula is C15H18N2O4. The summed E-state index contributed by atoms with van der Waals surface area (Å²) in [5, 5.41) is 20.9. The van der Waals surface area contributed by atoms with Crippen LogP contribution in [0.25, 0.3) is 0 Å². The van der Waals surface area contributed by atoms with E-state index in [4.69, 9.17) is 0 Å². The minimum Gasteiger partial charge on any atom is -0.502 e. The summed E-state index contributed by atoms with van der Waals surface area (Å²) in [6.07, 6.45) is 5.37. The maximum Gasteiger partial charge on any atom is 0.311 e. The Morgan fingerprint density at radius 1 is 1.29 bits per heavy atom. The lowest BCUT2D eigenvalue weighted by molar-refractivity contribution is -0.385. The number of phenolic OH excluding ortho intramolecular Hbond substituents is 1. The fourth-order valence-corrected chi connectivity index (χ4v) is 3.71. The zero-order valence-electron chi connectivity index (χ0n) is 11.7. The molecule has 2 atom stereocenters. The topological polar surface area (TPSA) is 83.7 Å². The summed E-state index contributed by atoms with van der Waals surface area (Å²) in [6, 6.07) is 4.34. The molecule has 1 aliphatic carbocycles. The molecule has 2 aliphatic rings. The van der Waals surface area contributed by atoms with Crippen molar-refractivity contribution < 1.29 is 14.8 Å². The SMILES string of the molecule is O=C(c1cccc([N+](=O)[O-])c1O)N1CCCC2CCCC21. The summed E-state index contributed by atoms with van der Waals surface area (Å²) >= 11 is 0. The van der Waals surface area contributed by atoms with Gasteiger partial charge in [0, 0.05) is 18.7 Å². The first-order chi connectivity index (χ1) is 10.1. The van der Waals surface area contributed by atoms with Crippen LogP contribution in [0.4, 0.5) is 5.69 Å². The molecule has 6 nitrogen and oxygen atoms in total. The monoisotopic (exact) mass is 290 g/mol. The molecule has 1 aromatic rings. The highest BCUT2D eigenvalue weighted by Gasteiger charge is 2.38. The number of hydrogen-bond donors (Lipinski definition) is 1. The number of nitro benzene ring substituents is 1. The van der Waals surface area contributed by atoms with Crippen LogP contribution in [0.3, 0.4) is 0 Å². The largest absolute Gasteiger partial charge is 0.502 e. The van der Waals surface area contributed by atoms with E-state index in [1.165, 1.54) is 18.2 Å². The lowest BCUT2D eigenvalue weighted by atomic mass is 9.91. The van der Waals surface area contributed by atoms with Gasteiger partial charge in [-0.1, -0.05) is 12.5 Å². The fraction of sp³-hybridized carbons (Fsp3) is 0.533. The number of para-hydroxylation sites is 1. The molecule has 1 N–H and O–H groups in total. The Kier molecular flexibility index (Phi) is 3.53. The molecule has 0 bridgehead atoms. The van der Waals surface area contributed by atoms with Crippen molar-refractivity contribution in [1.29, 1.82) is 0 Å². The van der Waals surface area contributed by atoms with Crippen LogP contribution in [0.1, 0.15) is 42.5 Å². The van der Waals surface area contributed by atoms with Gasteiger partial charge < -0.3 is 10.0 Å². The van der Waals surface area contributed by atoms with Crippen molar-refractivity contribution in [3.05, 3.63) is 33.9 Å². The Balaban J connectivity index is 1.91. The quantitative estimate of drug-likeness (QED) is 0.670. The second-order valence-corrected chi connectivity index (χ2v) is 5.83. The lowest BCUT2D eigenvalue weighted by Gasteiger charge is -2.37. The Morgan fingerprint density at radius 3 is 2.81 bits per heavy atom. The van der Waals surface area contributed by atoms with E-state index >= 15 is 0 Å². The number of amides is 1. The first-order valence-electron chi connectivity index (χ1n) is 7.37. The van der Waals surface area contributed by atoms with E-state index < -0.39 is 16.4 Å². The van der Waals surface area contributed by atoms with Crippen LogP contribution in [0.2, 0.25) is 0 Å². The molecule has 0 spiro atoms. The Bertz CT molecular complexity index is 587. The van der Waals surface area contributed by atoms with Gasteiger partial charge in [-0.2, -0.15) is 0 Å². The third-order valence-electron chi connectivity index (χ3n) is 4.70. The number of likely N-dealkylation sites (tertiary alicyclic amines) is 1. The smallest absolute Gasteiger partial charge is 0.311 e. The van der Waals surface area contributed by atoms with Crippen LogP contribution in [-0.4, -0.2) is 33.4 Å². The number of hydrogen-bond acceptors (Lipinski definition) is 4. The van der Waals surface area contributed by atoms with E-state index in [0.717, 1.165) is 32.1 Å². The molecule has 0 radical (unpaired) electrons. The molecule has 112 valence electrons. The Labute approximate surface area is 122 Å². The number of rotatable bonds is 2. The average Bonchev–Trinajstić information content (AvgIpc) is 2.94. The van der Waals surface area contributed by atoms with E-state index in [1.807, 2.05) is 0 Å². The summed E-state index contributed by atoms with van der Waals surface area (Å²) in [4.78, 5) is 24.7. The van der Waals surface area contributed by atoms with Crippen molar-refractivity contribution in [3.8, 4) is 5.75 Å². The number of piperidine rings is 1. The van der Waals surface area contributed by atoms with Crippen molar-refractivity contribution in [2.45, 2.75) is 38.1 Å². The third kappa shape index (κ3) is 2.34. The van der Waals surface area contributed by atoms with Gasteiger partial charge >= 0.3 is 5.69 Å². The van der Waals surface area contributed by atoms with Crippen molar-refractivity contribution in [1.82, 2.24) is 4.90 Å². The minimum atomic E-state index is -0.666. The van der Waals surface area contributed by atoms with Crippen LogP contribution < -0.4 is 0 Å².